The van der Waals surface area contributed by atoms with Crippen molar-refractivity contribution < 1.29 is 9.53 Å². The summed E-state index contributed by atoms with van der Waals surface area (Å²) < 4.78 is 7.91. The number of thiazole rings is 1. The van der Waals surface area contributed by atoms with Gasteiger partial charge in [-0.25, -0.2) is 9.67 Å². The first-order chi connectivity index (χ1) is 13.9. The van der Waals surface area contributed by atoms with Crippen molar-refractivity contribution in [1.82, 2.24) is 20.0 Å². The fraction of sp³-hybridized carbons (Fsp3) is 0.200. The molecule has 9 heteroatoms. The minimum Gasteiger partial charge on any atom is -0.497 e. The van der Waals surface area contributed by atoms with Crippen LogP contribution in [0.1, 0.15) is 26.8 Å². The van der Waals surface area contributed by atoms with Crippen LogP contribution in [0.5, 0.6) is 5.75 Å². The minimum atomic E-state index is -0.117. The molecule has 0 spiro atoms. The maximum Gasteiger partial charge on any atom is 0.191 e. The van der Waals surface area contributed by atoms with Gasteiger partial charge in [0.15, 0.2) is 11.5 Å². The van der Waals surface area contributed by atoms with E-state index in [1.165, 1.54) is 11.3 Å². The Labute approximate surface area is 181 Å². The summed E-state index contributed by atoms with van der Waals surface area (Å²) in [4.78, 5) is 17.3. The summed E-state index contributed by atoms with van der Waals surface area (Å²) in [7, 11) is 1.61. The van der Waals surface area contributed by atoms with Crippen LogP contribution in [0.25, 0.3) is 10.2 Å². The number of Topliss-reactive ketones (excluding diaryl/α,β-unsaturated/α-hetero) is 1. The van der Waals surface area contributed by atoms with E-state index in [0.29, 0.717) is 28.0 Å². The van der Waals surface area contributed by atoms with Crippen molar-refractivity contribution in [3.8, 4) is 5.75 Å². The molecule has 0 N–H and O–H groups in total. The second-order valence-corrected chi connectivity index (χ2v) is 8.40. The molecule has 2 aromatic heterocycles. The number of nitrogens with zero attached hydrogens (tertiary/aromatic N) is 4. The SMILES string of the molecule is COc1ccc2sc(CC(=O)c3nnn(Cc4ccc(Cl)c(Cl)c4)c3C)nc2c1. The molecule has 0 unspecified atom stereocenters. The van der Waals surface area contributed by atoms with Crippen molar-refractivity contribution in [3.05, 3.63) is 68.4 Å². The third-order valence-corrected chi connectivity index (χ3v) is 6.29. The molecule has 2 aromatic carbocycles. The van der Waals surface area contributed by atoms with Crippen LogP contribution in [0.15, 0.2) is 36.4 Å². The Morgan fingerprint density at radius 3 is 2.76 bits per heavy atom. The highest BCUT2D eigenvalue weighted by Gasteiger charge is 2.19. The molecule has 6 nitrogen and oxygen atoms in total. The lowest BCUT2D eigenvalue weighted by molar-refractivity contribution is 0.0987. The molecule has 2 heterocycles. The maximum absolute atomic E-state index is 12.8. The third-order valence-electron chi connectivity index (χ3n) is 4.51. The number of hydrogen-bond donors (Lipinski definition) is 0. The maximum atomic E-state index is 12.8. The summed E-state index contributed by atoms with van der Waals surface area (Å²) in [5.41, 5.74) is 2.79. The van der Waals surface area contributed by atoms with Crippen LogP contribution in [0.2, 0.25) is 10.0 Å². The number of ketones is 1. The van der Waals surface area contributed by atoms with E-state index in [9.17, 15) is 4.79 Å². The van der Waals surface area contributed by atoms with Crippen LogP contribution >= 0.6 is 34.5 Å². The van der Waals surface area contributed by atoms with Gasteiger partial charge in [-0.05, 0) is 36.8 Å². The molecular formula is C20H16Cl2N4O2S. The lowest BCUT2D eigenvalue weighted by atomic mass is 10.2. The molecule has 0 aliphatic heterocycles. The fourth-order valence-corrected chi connectivity index (χ4v) is 4.22. The van der Waals surface area contributed by atoms with Gasteiger partial charge in [0.1, 0.15) is 10.8 Å². The van der Waals surface area contributed by atoms with Crippen molar-refractivity contribution in [1.29, 1.82) is 0 Å². The molecule has 0 saturated heterocycles. The Bertz CT molecular complexity index is 1220. The first kappa shape index (κ1) is 19.8. The Morgan fingerprint density at radius 2 is 2.00 bits per heavy atom. The normalized spacial score (nSPS) is 11.2. The zero-order valence-electron chi connectivity index (χ0n) is 15.6. The first-order valence-electron chi connectivity index (χ1n) is 8.75. The zero-order valence-corrected chi connectivity index (χ0v) is 18.0. The summed E-state index contributed by atoms with van der Waals surface area (Å²) in [6.07, 6.45) is 0.175. The smallest absolute Gasteiger partial charge is 0.191 e. The van der Waals surface area contributed by atoms with E-state index in [-0.39, 0.29) is 12.2 Å². The molecule has 0 atom stereocenters. The van der Waals surface area contributed by atoms with E-state index in [1.807, 2.05) is 31.2 Å². The molecule has 4 rings (SSSR count). The molecule has 0 saturated carbocycles. The summed E-state index contributed by atoms with van der Waals surface area (Å²) >= 11 is 13.5. The first-order valence-corrected chi connectivity index (χ1v) is 10.3. The topological polar surface area (TPSA) is 69.9 Å². The molecule has 0 aliphatic carbocycles. The standard InChI is InChI=1S/C20H16Cl2N4O2S/c1-11-20(24-25-26(11)10-12-3-5-14(21)15(22)7-12)17(27)9-19-23-16-8-13(28-2)4-6-18(16)29-19/h3-8H,9-10H2,1-2H3. The molecule has 0 radical (unpaired) electrons. The van der Waals surface area contributed by atoms with Gasteiger partial charge in [0.05, 0.1) is 46.0 Å². The third kappa shape index (κ3) is 4.12. The number of aromatic nitrogens is 4. The van der Waals surface area contributed by atoms with Crippen molar-refractivity contribution in [2.75, 3.05) is 7.11 Å². The number of hydrogen-bond acceptors (Lipinski definition) is 6. The number of rotatable bonds is 6. The average molecular weight is 447 g/mol. The van der Waals surface area contributed by atoms with Crippen LogP contribution in [0.4, 0.5) is 0 Å². The van der Waals surface area contributed by atoms with Crippen LogP contribution in [0.3, 0.4) is 0 Å². The Kier molecular flexibility index (Phi) is 5.54. The van der Waals surface area contributed by atoms with Gasteiger partial charge in [-0.15, -0.1) is 16.4 Å². The number of fused-ring (bicyclic) bond motifs is 1. The number of ether oxygens (including phenoxy) is 1. The summed E-state index contributed by atoms with van der Waals surface area (Å²) in [6.45, 7) is 2.28. The van der Waals surface area contributed by atoms with E-state index in [2.05, 4.69) is 15.3 Å². The van der Waals surface area contributed by atoms with Gasteiger partial charge in [-0.2, -0.15) is 0 Å². The number of benzene rings is 2. The number of halogens is 2. The molecule has 0 aliphatic rings. The van der Waals surface area contributed by atoms with Crippen LogP contribution in [-0.2, 0) is 13.0 Å². The lowest BCUT2D eigenvalue weighted by Crippen LogP contribution is -2.08. The Morgan fingerprint density at radius 1 is 1.17 bits per heavy atom. The summed E-state index contributed by atoms with van der Waals surface area (Å²) in [5, 5.41) is 9.92. The monoisotopic (exact) mass is 446 g/mol. The highest BCUT2D eigenvalue weighted by molar-refractivity contribution is 7.18. The Hall–Kier alpha value is -2.48. The molecule has 29 heavy (non-hydrogen) atoms. The predicted molar refractivity (Wildman–Crippen MR) is 115 cm³/mol. The Balaban J connectivity index is 1.52. The predicted octanol–water partition coefficient (Wildman–Crippen LogP) is 4.99. The highest BCUT2D eigenvalue weighted by Crippen LogP contribution is 2.27. The lowest BCUT2D eigenvalue weighted by Gasteiger charge is -2.05. The van der Waals surface area contributed by atoms with E-state index in [4.69, 9.17) is 27.9 Å². The molecule has 0 amide bonds. The van der Waals surface area contributed by atoms with Crippen molar-refractivity contribution >= 4 is 50.5 Å². The number of carbonyl (C=O) groups is 1. The van der Waals surface area contributed by atoms with Gasteiger partial charge in [0, 0.05) is 6.07 Å². The largest absolute Gasteiger partial charge is 0.497 e. The van der Waals surface area contributed by atoms with Crippen LogP contribution < -0.4 is 4.74 Å². The quantitative estimate of drug-likeness (QED) is 0.390. The van der Waals surface area contributed by atoms with Gasteiger partial charge in [0.2, 0.25) is 0 Å². The van der Waals surface area contributed by atoms with Crippen LogP contribution in [-0.4, -0.2) is 32.9 Å². The number of methoxy groups -OCH3 is 1. The van der Waals surface area contributed by atoms with E-state index in [0.717, 1.165) is 26.5 Å². The van der Waals surface area contributed by atoms with Gasteiger partial charge in [0.25, 0.3) is 0 Å². The van der Waals surface area contributed by atoms with Gasteiger partial charge < -0.3 is 4.74 Å². The highest BCUT2D eigenvalue weighted by atomic mass is 35.5. The van der Waals surface area contributed by atoms with Crippen molar-refractivity contribution in [2.45, 2.75) is 19.9 Å². The van der Waals surface area contributed by atoms with Gasteiger partial charge in [-0.1, -0.05) is 34.5 Å². The zero-order chi connectivity index (χ0) is 20.5. The second-order valence-electron chi connectivity index (χ2n) is 6.47. The summed E-state index contributed by atoms with van der Waals surface area (Å²) in [6, 6.07) is 11.1. The van der Waals surface area contributed by atoms with Gasteiger partial charge in [-0.3, -0.25) is 4.79 Å². The van der Waals surface area contributed by atoms with E-state index >= 15 is 0 Å². The van der Waals surface area contributed by atoms with Crippen molar-refractivity contribution in [3.63, 3.8) is 0 Å². The van der Waals surface area contributed by atoms with E-state index in [1.54, 1.807) is 23.9 Å². The molecular weight excluding hydrogens is 431 g/mol. The summed E-state index contributed by atoms with van der Waals surface area (Å²) in [5.74, 6) is 0.621. The molecule has 0 fully saturated rings. The number of carbonyl (C=O) groups excluding carboxylic acids is 1. The average Bonchev–Trinajstić information content (AvgIpc) is 3.27. The second kappa shape index (κ2) is 8.10. The molecule has 0 bridgehead atoms. The van der Waals surface area contributed by atoms with Crippen LogP contribution in [0, 0.1) is 6.92 Å². The fourth-order valence-electron chi connectivity index (χ4n) is 2.96. The van der Waals surface area contributed by atoms with Crippen molar-refractivity contribution in [2.24, 2.45) is 0 Å². The molecule has 148 valence electrons. The minimum absolute atomic E-state index is 0.117. The van der Waals surface area contributed by atoms with E-state index < -0.39 is 0 Å². The van der Waals surface area contributed by atoms with Gasteiger partial charge >= 0.3 is 0 Å². The molecule has 4 aromatic rings.